The van der Waals surface area contributed by atoms with E-state index >= 15 is 0 Å². The van der Waals surface area contributed by atoms with E-state index < -0.39 is 11.5 Å². The van der Waals surface area contributed by atoms with Crippen molar-refractivity contribution in [3.8, 4) is 0 Å². The number of nitrogens with zero attached hydrogens (tertiary/aromatic N) is 2. The molecule has 2 atom stereocenters. The number of carboxylic acids is 1. The second kappa shape index (κ2) is 5.87. The predicted molar refractivity (Wildman–Crippen MR) is 73.8 cm³/mol. The van der Waals surface area contributed by atoms with Gasteiger partial charge in [-0.05, 0) is 37.8 Å². The largest absolute Gasteiger partial charge is 0.480 e. The van der Waals surface area contributed by atoms with Gasteiger partial charge in [-0.2, -0.15) is 0 Å². The van der Waals surface area contributed by atoms with Crippen molar-refractivity contribution in [3.63, 3.8) is 0 Å². The van der Waals surface area contributed by atoms with Crippen LogP contribution in [-0.4, -0.2) is 33.0 Å². The Morgan fingerprint density at radius 1 is 1.55 bits per heavy atom. The highest BCUT2D eigenvalue weighted by Crippen LogP contribution is 2.40. The van der Waals surface area contributed by atoms with Crippen LogP contribution in [0, 0.1) is 5.82 Å². The molecule has 0 radical (unpaired) electrons. The summed E-state index contributed by atoms with van der Waals surface area (Å²) in [5, 5.41) is 9.65. The Bertz CT molecular complexity index is 477. The number of carbonyl (C=O) groups is 1. The van der Waals surface area contributed by atoms with Crippen molar-refractivity contribution in [1.29, 1.82) is 0 Å². The zero-order valence-electron chi connectivity index (χ0n) is 12.0. The molecule has 0 spiro atoms. The molecule has 4 nitrogen and oxygen atoms in total. The molecular weight excluding hydrogens is 259 g/mol. The van der Waals surface area contributed by atoms with E-state index in [1.165, 1.54) is 12.3 Å². The van der Waals surface area contributed by atoms with Gasteiger partial charge in [0.2, 0.25) is 0 Å². The smallest absolute Gasteiger partial charge is 0.324 e. The van der Waals surface area contributed by atoms with Crippen LogP contribution in [0.2, 0.25) is 0 Å². The average Bonchev–Trinajstić information content (AvgIpc) is 2.87. The Hall–Kier alpha value is -1.49. The molecule has 1 aromatic rings. The molecule has 110 valence electrons. The predicted octanol–water partition coefficient (Wildman–Crippen LogP) is 3.00. The van der Waals surface area contributed by atoms with Gasteiger partial charge in [0.15, 0.2) is 0 Å². The first kappa shape index (κ1) is 14.9. The third kappa shape index (κ3) is 2.42. The van der Waals surface area contributed by atoms with Crippen LogP contribution in [0.4, 0.5) is 4.39 Å². The molecule has 1 fully saturated rings. The maximum atomic E-state index is 13.0. The van der Waals surface area contributed by atoms with Crippen molar-refractivity contribution in [2.45, 2.75) is 51.1 Å². The summed E-state index contributed by atoms with van der Waals surface area (Å²) in [6, 6.07) is 2.97. The minimum atomic E-state index is -0.809. The van der Waals surface area contributed by atoms with Gasteiger partial charge in [-0.3, -0.25) is 14.7 Å². The first-order chi connectivity index (χ1) is 9.55. The molecule has 20 heavy (non-hydrogen) atoms. The Balaban J connectivity index is 2.35. The molecule has 1 aliphatic rings. The lowest BCUT2D eigenvalue weighted by molar-refractivity contribution is -0.151. The van der Waals surface area contributed by atoms with E-state index in [-0.39, 0.29) is 11.9 Å². The molecule has 2 rings (SSSR count). The highest BCUT2D eigenvalue weighted by atomic mass is 19.1. The van der Waals surface area contributed by atoms with Crippen LogP contribution in [0.1, 0.15) is 51.3 Å². The summed E-state index contributed by atoms with van der Waals surface area (Å²) in [5.74, 6) is -1.14. The molecular formula is C15H21FN2O2. The Morgan fingerprint density at radius 2 is 2.30 bits per heavy atom. The van der Waals surface area contributed by atoms with Gasteiger partial charge in [-0.15, -0.1) is 0 Å². The molecule has 0 saturated carbocycles. The van der Waals surface area contributed by atoms with E-state index in [2.05, 4.69) is 4.98 Å². The van der Waals surface area contributed by atoms with Gasteiger partial charge >= 0.3 is 5.97 Å². The molecule has 5 heteroatoms. The fraction of sp³-hybridized carbons (Fsp3) is 0.600. The third-order valence-corrected chi connectivity index (χ3v) is 4.38. The quantitative estimate of drug-likeness (QED) is 0.901. The second-order valence-electron chi connectivity index (χ2n) is 5.31. The van der Waals surface area contributed by atoms with Crippen molar-refractivity contribution in [1.82, 2.24) is 9.88 Å². The van der Waals surface area contributed by atoms with Crippen LogP contribution in [0.3, 0.4) is 0 Å². The lowest BCUT2D eigenvalue weighted by atomic mass is 9.90. The van der Waals surface area contributed by atoms with Gasteiger partial charge in [0.05, 0.1) is 17.9 Å². The Labute approximate surface area is 118 Å². The molecule has 0 bridgehead atoms. The van der Waals surface area contributed by atoms with E-state index in [0.717, 1.165) is 25.1 Å². The van der Waals surface area contributed by atoms with Crippen LogP contribution in [0.15, 0.2) is 18.3 Å². The van der Waals surface area contributed by atoms with Gasteiger partial charge in [-0.1, -0.05) is 13.8 Å². The fourth-order valence-electron chi connectivity index (χ4n) is 3.29. The van der Waals surface area contributed by atoms with Crippen molar-refractivity contribution in [2.24, 2.45) is 0 Å². The molecule has 2 unspecified atom stereocenters. The van der Waals surface area contributed by atoms with Gasteiger partial charge in [0.25, 0.3) is 0 Å². The minimum absolute atomic E-state index is 0.0749. The van der Waals surface area contributed by atoms with Crippen LogP contribution >= 0.6 is 0 Å². The summed E-state index contributed by atoms with van der Waals surface area (Å²) in [7, 11) is 0. The normalized spacial score (nSPS) is 24.8. The Morgan fingerprint density at radius 3 is 2.80 bits per heavy atom. The number of hydrogen-bond acceptors (Lipinski definition) is 3. The first-order valence-electron chi connectivity index (χ1n) is 7.16. The van der Waals surface area contributed by atoms with E-state index in [4.69, 9.17) is 0 Å². The topological polar surface area (TPSA) is 53.4 Å². The number of halogens is 1. The average molecular weight is 280 g/mol. The zero-order chi connectivity index (χ0) is 14.8. The van der Waals surface area contributed by atoms with Gasteiger partial charge in [-0.25, -0.2) is 4.39 Å². The summed E-state index contributed by atoms with van der Waals surface area (Å²) in [4.78, 5) is 17.9. The summed E-state index contributed by atoms with van der Waals surface area (Å²) in [5.41, 5.74) is -0.0635. The van der Waals surface area contributed by atoms with Gasteiger partial charge in [0.1, 0.15) is 11.4 Å². The molecule has 1 saturated heterocycles. The lowest BCUT2D eigenvalue weighted by Gasteiger charge is -2.39. The Kier molecular flexibility index (Phi) is 4.38. The number of likely N-dealkylation sites (tertiary alicyclic amines) is 1. The number of aromatic nitrogens is 1. The highest BCUT2D eigenvalue weighted by molar-refractivity contribution is 5.79. The number of rotatable bonds is 5. The third-order valence-electron chi connectivity index (χ3n) is 4.38. The molecule has 0 amide bonds. The van der Waals surface area contributed by atoms with Gasteiger partial charge in [0, 0.05) is 6.54 Å². The maximum absolute atomic E-state index is 13.0. The highest BCUT2D eigenvalue weighted by Gasteiger charge is 2.48. The molecule has 2 heterocycles. The van der Waals surface area contributed by atoms with Crippen molar-refractivity contribution in [2.75, 3.05) is 6.54 Å². The minimum Gasteiger partial charge on any atom is -0.480 e. The van der Waals surface area contributed by atoms with E-state index in [1.807, 2.05) is 18.7 Å². The van der Waals surface area contributed by atoms with Crippen molar-refractivity contribution < 1.29 is 14.3 Å². The van der Waals surface area contributed by atoms with E-state index in [0.29, 0.717) is 12.8 Å². The second-order valence-corrected chi connectivity index (χ2v) is 5.31. The molecule has 1 N–H and O–H groups in total. The number of hydrogen-bond donors (Lipinski definition) is 1. The van der Waals surface area contributed by atoms with Crippen LogP contribution < -0.4 is 0 Å². The van der Waals surface area contributed by atoms with Crippen LogP contribution in [0.25, 0.3) is 0 Å². The lowest BCUT2D eigenvalue weighted by Crippen LogP contribution is -2.51. The van der Waals surface area contributed by atoms with Crippen LogP contribution in [0.5, 0.6) is 0 Å². The first-order valence-corrected chi connectivity index (χ1v) is 7.16. The molecule has 1 aliphatic heterocycles. The van der Waals surface area contributed by atoms with E-state index in [9.17, 15) is 14.3 Å². The van der Waals surface area contributed by atoms with Crippen LogP contribution in [-0.2, 0) is 4.79 Å². The monoisotopic (exact) mass is 280 g/mol. The summed E-state index contributed by atoms with van der Waals surface area (Å²) >= 11 is 0. The summed E-state index contributed by atoms with van der Waals surface area (Å²) < 4.78 is 13.0. The molecule has 1 aromatic heterocycles. The standard InChI is InChI=1S/C15H21FN2O2/c1-3-13(12-7-6-11(16)10-17-12)18-9-5-8-15(18,4-2)14(19)20/h6-7,10,13H,3-5,8-9H2,1-2H3,(H,19,20). The van der Waals surface area contributed by atoms with E-state index in [1.54, 1.807) is 6.07 Å². The fourth-order valence-corrected chi connectivity index (χ4v) is 3.29. The van der Waals surface area contributed by atoms with Crippen molar-refractivity contribution >= 4 is 5.97 Å². The number of aliphatic carboxylic acids is 1. The van der Waals surface area contributed by atoms with Gasteiger partial charge < -0.3 is 5.11 Å². The summed E-state index contributed by atoms with van der Waals surface area (Å²) in [6.45, 7) is 4.67. The number of pyridine rings is 1. The SMILES string of the molecule is CCC(c1ccc(F)cn1)N1CCCC1(CC)C(=O)O. The summed E-state index contributed by atoms with van der Waals surface area (Å²) in [6.07, 6.45) is 4.06. The van der Waals surface area contributed by atoms with Crippen molar-refractivity contribution in [3.05, 3.63) is 29.8 Å². The number of carboxylic acid groups (broad SMARTS) is 1. The molecule has 0 aliphatic carbocycles. The molecule has 0 aromatic carbocycles. The zero-order valence-corrected chi connectivity index (χ0v) is 12.0. The maximum Gasteiger partial charge on any atom is 0.324 e.